The van der Waals surface area contributed by atoms with Crippen molar-refractivity contribution in [2.75, 3.05) is 5.75 Å². The third kappa shape index (κ3) is 3.10. The molecule has 0 saturated carbocycles. The molecule has 2 aromatic heterocycles. The van der Waals surface area contributed by atoms with E-state index in [0.29, 0.717) is 5.16 Å². The molecule has 0 fully saturated rings. The monoisotopic (exact) mass is 360 g/mol. The molecule has 0 radical (unpaired) electrons. The Bertz CT molecular complexity index is 1050. The van der Waals surface area contributed by atoms with Crippen LogP contribution in [0.5, 0.6) is 0 Å². The van der Waals surface area contributed by atoms with E-state index in [-0.39, 0.29) is 23.0 Å². The van der Waals surface area contributed by atoms with Gasteiger partial charge in [-0.2, -0.15) is 0 Å². The van der Waals surface area contributed by atoms with Gasteiger partial charge in [-0.05, 0) is 12.5 Å². The third-order valence-corrected chi connectivity index (χ3v) is 4.85. The van der Waals surface area contributed by atoms with Crippen molar-refractivity contribution in [1.29, 1.82) is 0 Å². The Kier molecular flexibility index (Phi) is 4.49. The van der Waals surface area contributed by atoms with Crippen molar-refractivity contribution in [2.24, 2.45) is 7.05 Å². The average molecular weight is 360 g/mol. The molecule has 0 saturated heterocycles. The fourth-order valence-electron chi connectivity index (χ4n) is 2.65. The molecule has 130 valence electrons. The molecule has 0 aliphatic rings. The van der Waals surface area contributed by atoms with Crippen LogP contribution in [0.25, 0.3) is 11.2 Å². The van der Waals surface area contributed by atoms with Crippen LogP contribution in [-0.2, 0) is 11.8 Å². The smallest absolute Gasteiger partial charge is 0.329 e. The highest BCUT2D eigenvalue weighted by Crippen LogP contribution is 2.29. The molecule has 0 amide bonds. The number of aliphatic carboxylic acids is 1. The SMILES string of the molecule is CC(c1ccccc1)n1c(SCC(=O)O)nc2c1c(=O)[nH]c(=O)n2C. The Morgan fingerprint density at radius 1 is 1.32 bits per heavy atom. The van der Waals surface area contributed by atoms with Crippen molar-refractivity contribution in [1.82, 2.24) is 19.1 Å². The number of hydrogen-bond acceptors (Lipinski definition) is 5. The van der Waals surface area contributed by atoms with Crippen LogP contribution >= 0.6 is 11.8 Å². The first-order valence-corrected chi connectivity index (χ1v) is 8.49. The summed E-state index contributed by atoms with van der Waals surface area (Å²) < 4.78 is 2.92. The quantitative estimate of drug-likeness (QED) is 0.662. The van der Waals surface area contributed by atoms with Gasteiger partial charge in [0.05, 0.1) is 11.8 Å². The van der Waals surface area contributed by atoms with E-state index in [9.17, 15) is 14.4 Å². The van der Waals surface area contributed by atoms with E-state index in [1.54, 1.807) is 4.57 Å². The lowest BCUT2D eigenvalue weighted by Crippen LogP contribution is -2.29. The second-order valence-electron chi connectivity index (χ2n) is 5.52. The number of aromatic amines is 1. The lowest BCUT2D eigenvalue weighted by Gasteiger charge is -2.17. The van der Waals surface area contributed by atoms with Crippen molar-refractivity contribution >= 4 is 28.9 Å². The number of rotatable bonds is 5. The largest absolute Gasteiger partial charge is 0.481 e. The van der Waals surface area contributed by atoms with Crippen molar-refractivity contribution < 1.29 is 9.90 Å². The number of aromatic nitrogens is 4. The van der Waals surface area contributed by atoms with Crippen LogP contribution in [0.3, 0.4) is 0 Å². The summed E-state index contributed by atoms with van der Waals surface area (Å²) in [6.07, 6.45) is 0. The molecule has 25 heavy (non-hydrogen) atoms. The Hall–Kier alpha value is -2.81. The number of nitrogens with zero attached hydrogens (tertiary/aromatic N) is 3. The van der Waals surface area contributed by atoms with E-state index in [4.69, 9.17) is 5.11 Å². The molecular formula is C16H16N4O4S. The van der Waals surface area contributed by atoms with Gasteiger partial charge in [-0.25, -0.2) is 9.78 Å². The Morgan fingerprint density at radius 2 is 2.00 bits per heavy atom. The first-order valence-electron chi connectivity index (χ1n) is 7.51. The van der Waals surface area contributed by atoms with Gasteiger partial charge in [0.25, 0.3) is 5.56 Å². The number of aryl methyl sites for hydroxylation is 1. The van der Waals surface area contributed by atoms with E-state index in [0.717, 1.165) is 17.3 Å². The molecule has 0 aliphatic heterocycles. The van der Waals surface area contributed by atoms with E-state index in [2.05, 4.69) is 9.97 Å². The molecule has 0 spiro atoms. The van der Waals surface area contributed by atoms with Crippen LogP contribution in [0.4, 0.5) is 0 Å². The first kappa shape index (κ1) is 17.0. The number of hydrogen-bond donors (Lipinski definition) is 2. The van der Waals surface area contributed by atoms with Gasteiger partial charge in [-0.15, -0.1) is 0 Å². The van der Waals surface area contributed by atoms with Crippen molar-refractivity contribution in [3.63, 3.8) is 0 Å². The summed E-state index contributed by atoms with van der Waals surface area (Å²) in [6, 6.07) is 9.22. The number of fused-ring (bicyclic) bond motifs is 1. The van der Waals surface area contributed by atoms with E-state index < -0.39 is 17.2 Å². The third-order valence-electron chi connectivity index (χ3n) is 3.91. The second-order valence-corrected chi connectivity index (χ2v) is 6.47. The predicted octanol–water partition coefficient (Wildman–Crippen LogP) is 1.21. The van der Waals surface area contributed by atoms with Gasteiger partial charge in [0, 0.05) is 7.05 Å². The summed E-state index contributed by atoms with van der Waals surface area (Å²) >= 11 is 1.01. The molecule has 8 nitrogen and oxygen atoms in total. The van der Waals surface area contributed by atoms with Crippen LogP contribution in [-0.4, -0.2) is 35.9 Å². The summed E-state index contributed by atoms with van der Waals surface area (Å²) in [6.45, 7) is 1.89. The molecule has 0 aliphatic carbocycles. The maximum absolute atomic E-state index is 12.4. The minimum atomic E-state index is -0.987. The van der Waals surface area contributed by atoms with Crippen LogP contribution in [0.2, 0.25) is 0 Å². The highest BCUT2D eigenvalue weighted by atomic mass is 32.2. The molecule has 3 rings (SSSR count). The van der Waals surface area contributed by atoms with E-state index in [1.807, 2.05) is 37.3 Å². The summed E-state index contributed by atoms with van der Waals surface area (Å²) in [5, 5.41) is 9.34. The standard InChI is InChI=1S/C16H16N4O4S/c1-9(10-6-4-3-5-7-10)20-12-13(17-16(20)25-8-11(21)22)19(2)15(24)18-14(12)23/h3-7,9H,8H2,1-2H3,(H,21,22)(H,18,23,24). The minimum absolute atomic E-state index is 0.198. The van der Waals surface area contributed by atoms with Crippen LogP contribution in [0.1, 0.15) is 18.5 Å². The number of benzene rings is 1. The maximum atomic E-state index is 12.4. The Labute approximate surface area is 146 Å². The number of carboxylic acid groups (broad SMARTS) is 1. The predicted molar refractivity (Wildman–Crippen MR) is 94.2 cm³/mol. The lowest BCUT2D eigenvalue weighted by molar-refractivity contribution is -0.133. The van der Waals surface area contributed by atoms with Crippen molar-refractivity contribution in [3.8, 4) is 0 Å². The highest BCUT2D eigenvalue weighted by molar-refractivity contribution is 7.99. The zero-order valence-corrected chi connectivity index (χ0v) is 14.4. The molecule has 2 heterocycles. The number of H-pyrrole nitrogens is 1. The van der Waals surface area contributed by atoms with Gasteiger partial charge in [-0.1, -0.05) is 42.1 Å². The molecular weight excluding hydrogens is 344 g/mol. The van der Waals surface area contributed by atoms with E-state index >= 15 is 0 Å². The summed E-state index contributed by atoms with van der Waals surface area (Å²) in [7, 11) is 1.51. The summed E-state index contributed by atoms with van der Waals surface area (Å²) in [5.41, 5.74) is 0.294. The molecule has 3 aromatic rings. The number of carbonyl (C=O) groups is 1. The summed E-state index contributed by atoms with van der Waals surface area (Å²) in [4.78, 5) is 41.8. The fourth-order valence-corrected chi connectivity index (χ4v) is 3.44. The van der Waals surface area contributed by atoms with Crippen LogP contribution in [0.15, 0.2) is 45.1 Å². The molecule has 1 unspecified atom stereocenters. The molecule has 9 heteroatoms. The van der Waals surface area contributed by atoms with Gasteiger partial charge in [0.15, 0.2) is 16.3 Å². The topological polar surface area (TPSA) is 110 Å². The number of nitrogens with one attached hydrogen (secondary N) is 1. The molecule has 1 atom stereocenters. The second kappa shape index (κ2) is 6.60. The van der Waals surface area contributed by atoms with Gasteiger partial charge < -0.3 is 9.67 Å². The molecule has 0 bridgehead atoms. The summed E-state index contributed by atoms with van der Waals surface area (Å²) in [5.74, 6) is -1.18. The van der Waals surface area contributed by atoms with Gasteiger partial charge in [-0.3, -0.25) is 19.1 Å². The molecule has 2 N–H and O–H groups in total. The van der Waals surface area contributed by atoms with Crippen LogP contribution in [0, 0.1) is 0 Å². The lowest BCUT2D eigenvalue weighted by atomic mass is 10.1. The Morgan fingerprint density at radius 3 is 2.64 bits per heavy atom. The number of imidazole rings is 1. The molecule has 1 aromatic carbocycles. The maximum Gasteiger partial charge on any atom is 0.329 e. The van der Waals surface area contributed by atoms with Gasteiger partial charge >= 0.3 is 11.7 Å². The fraction of sp³-hybridized carbons (Fsp3) is 0.250. The minimum Gasteiger partial charge on any atom is -0.481 e. The normalized spacial score (nSPS) is 12.4. The van der Waals surface area contributed by atoms with Gasteiger partial charge in [0.1, 0.15) is 0 Å². The van der Waals surface area contributed by atoms with E-state index in [1.165, 1.54) is 11.6 Å². The number of carboxylic acids is 1. The van der Waals surface area contributed by atoms with Gasteiger partial charge in [0.2, 0.25) is 0 Å². The van der Waals surface area contributed by atoms with Crippen molar-refractivity contribution in [3.05, 3.63) is 56.7 Å². The number of thioether (sulfide) groups is 1. The average Bonchev–Trinajstić information content (AvgIpc) is 2.98. The highest BCUT2D eigenvalue weighted by Gasteiger charge is 2.22. The van der Waals surface area contributed by atoms with Crippen LogP contribution < -0.4 is 11.2 Å². The first-order chi connectivity index (χ1) is 11.9. The zero-order valence-electron chi connectivity index (χ0n) is 13.6. The van der Waals surface area contributed by atoms with Crippen molar-refractivity contribution in [2.45, 2.75) is 18.1 Å². The Balaban J connectivity index is 2.28. The zero-order chi connectivity index (χ0) is 18.1.